The maximum Gasteiger partial charge on any atom is 0.222 e. The summed E-state index contributed by atoms with van der Waals surface area (Å²) >= 11 is 0. The molecule has 6 rings (SSSR count). The van der Waals surface area contributed by atoms with Crippen molar-refractivity contribution in [3.8, 4) is 28.8 Å². The second kappa shape index (κ2) is 6.24. The zero-order valence-corrected chi connectivity index (χ0v) is 16.5. The van der Waals surface area contributed by atoms with E-state index >= 15 is 0 Å². The molecular formula is C22H25N5O2. The quantitative estimate of drug-likeness (QED) is 0.731. The minimum atomic E-state index is -0.0426. The molecule has 4 fully saturated rings. The molecule has 1 aromatic carbocycles. The summed E-state index contributed by atoms with van der Waals surface area (Å²) in [5.41, 5.74) is 13.8. The lowest BCUT2D eigenvalue weighted by Crippen LogP contribution is -2.48. The Labute approximate surface area is 169 Å². The maximum atomic E-state index is 11.1. The van der Waals surface area contributed by atoms with Crippen LogP contribution < -0.4 is 16.2 Å². The molecule has 5 N–H and O–H groups in total. The summed E-state index contributed by atoms with van der Waals surface area (Å²) in [6.07, 6.45) is 7.23. The number of hydrogen-bond acceptors (Lipinski definition) is 7. The van der Waals surface area contributed by atoms with E-state index in [1.807, 2.05) is 6.07 Å². The number of benzene rings is 1. The van der Waals surface area contributed by atoms with Crippen LogP contribution in [0.15, 0.2) is 12.1 Å². The van der Waals surface area contributed by atoms with E-state index in [0.717, 1.165) is 42.6 Å². The van der Waals surface area contributed by atoms with Crippen LogP contribution in [-0.4, -0.2) is 22.2 Å². The molecule has 4 saturated carbocycles. The van der Waals surface area contributed by atoms with Gasteiger partial charge in [-0.25, -0.2) is 4.98 Å². The van der Waals surface area contributed by atoms with E-state index in [4.69, 9.17) is 16.2 Å². The van der Waals surface area contributed by atoms with Gasteiger partial charge in [-0.15, -0.1) is 0 Å². The highest BCUT2D eigenvalue weighted by molar-refractivity contribution is 5.76. The number of aromatic nitrogens is 2. The molecule has 0 spiro atoms. The van der Waals surface area contributed by atoms with Gasteiger partial charge >= 0.3 is 0 Å². The topological polar surface area (TPSA) is 131 Å². The van der Waals surface area contributed by atoms with E-state index in [1.165, 1.54) is 26.4 Å². The van der Waals surface area contributed by atoms with Crippen molar-refractivity contribution in [2.45, 2.75) is 43.9 Å². The Morgan fingerprint density at radius 3 is 2.28 bits per heavy atom. The van der Waals surface area contributed by atoms with Crippen LogP contribution in [0.25, 0.3) is 11.3 Å². The fourth-order valence-corrected chi connectivity index (χ4v) is 6.56. The fraction of sp³-hybridized carbons (Fsp3) is 0.500. The average molecular weight is 391 g/mol. The number of phenolic OH excluding ortho intramolecular Hbond substituents is 1. The Hall–Kier alpha value is -3.01. The van der Waals surface area contributed by atoms with Gasteiger partial charge in [0.1, 0.15) is 17.5 Å². The van der Waals surface area contributed by atoms with Gasteiger partial charge in [-0.3, -0.25) is 0 Å². The summed E-state index contributed by atoms with van der Waals surface area (Å²) in [6.45, 7) is 0. The summed E-state index contributed by atoms with van der Waals surface area (Å²) in [5, 5.41) is 20.7. The van der Waals surface area contributed by atoms with Crippen LogP contribution in [0.2, 0.25) is 0 Å². The third kappa shape index (κ3) is 2.70. The number of phenols is 1. The highest BCUT2D eigenvalue weighted by Gasteiger charge is 2.52. The lowest BCUT2D eigenvalue weighted by Gasteiger charge is -2.57. The summed E-state index contributed by atoms with van der Waals surface area (Å²) in [4.78, 5) is 8.20. The fourth-order valence-electron chi connectivity index (χ4n) is 6.56. The van der Waals surface area contributed by atoms with E-state index in [0.29, 0.717) is 17.0 Å². The van der Waals surface area contributed by atoms with Crippen molar-refractivity contribution in [2.75, 3.05) is 18.6 Å². The zero-order chi connectivity index (χ0) is 20.3. The molecule has 0 radical (unpaired) electrons. The number of nitriles is 1. The number of nitrogens with zero attached hydrogens (tertiary/aromatic N) is 3. The van der Waals surface area contributed by atoms with E-state index in [9.17, 15) is 10.4 Å². The van der Waals surface area contributed by atoms with Crippen LogP contribution in [0.5, 0.6) is 11.5 Å². The van der Waals surface area contributed by atoms with Crippen molar-refractivity contribution < 1.29 is 9.84 Å². The molecule has 1 heterocycles. The first-order valence-corrected chi connectivity index (χ1v) is 10.2. The number of hydrogen-bond donors (Lipinski definition) is 3. The van der Waals surface area contributed by atoms with Gasteiger partial charge in [0.25, 0.3) is 0 Å². The number of anilines is 2. The Bertz CT molecular complexity index is 1010. The number of ether oxygens (including phenoxy) is 1. The van der Waals surface area contributed by atoms with Crippen LogP contribution in [0.1, 0.15) is 49.7 Å². The largest absolute Gasteiger partial charge is 0.504 e. The SMILES string of the molecule is COc1cc(-c2nc(N)nc(N)c2C#N)cc(C23CC4CC(CC(C4)C2)C3)c1O. The first kappa shape index (κ1) is 18.0. The van der Waals surface area contributed by atoms with Gasteiger partial charge in [-0.05, 0) is 73.8 Å². The van der Waals surface area contributed by atoms with Gasteiger partial charge in [0.2, 0.25) is 5.95 Å². The minimum absolute atomic E-state index is 0.0138. The molecule has 0 amide bonds. The van der Waals surface area contributed by atoms with Crippen LogP contribution in [0.3, 0.4) is 0 Å². The second-order valence-electron chi connectivity index (χ2n) is 9.08. The first-order valence-electron chi connectivity index (χ1n) is 10.2. The van der Waals surface area contributed by atoms with Crippen LogP contribution >= 0.6 is 0 Å². The maximum absolute atomic E-state index is 11.1. The zero-order valence-electron chi connectivity index (χ0n) is 16.5. The third-order valence-electron chi connectivity index (χ3n) is 7.24. The van der Waals surface area contributed by atoms with E-state index in [2.05, 4.69) is 16.0 Å². The Kier molecular flexibility index (Phi) is 3.89. The monoisotopic (exact) mass is 391 g/mol. The summed E-state index contributed by atoms with van der Waals surface area (Å²) in [7, 11) is 1.54. The van der Waals surface area contributed by atoms with Gasteiger partial charge in [0, 0.05) is 11.1 Å². The van der Waals surface area contributed by atoms with Crippen molar-refractivity contribution in [3.63, 3.8) is 0 Å². The number of nitrogens with two attached hydrogens (primary N) is 2. The van der Waals surface area contributed by atoms with Gasteiger partial charge in [0.15, 0.2) is 11.5 Å². The molecule has 0 saturated heterocycles. The number of rotatable bonds is 3. The molecule has 4 aliphatic carbocycles. The smallest absolute Gasteiger partial charge is 0.222 e. The molecule has 29 heavy (non-hydrogen) atoms. The normalized spacial score (nSPS) is 29.6. The summed E-state index contributed by atoms with van der Waals surface area (Å²) < 4.78 is 5.51. The Morgan fingerprint density at radius 2 is 1.72 bits per heavy atom. The van der Waals surface area contributed by atoms with E-state index in [-0.39, 0.29) is 28.5 Å². The van der Waals surface area contributed by atoms with Crippen molar-refractivity contribution in [1.29, 1.82) is 5.26 Å². The Morgan fingerprint density at radius 1 is 1.10 bits per heavy atom. The first-order chi connectivity index (χ1) is 13.9. The molecule has 1 aromatic heterocycles. The second-order valence-corrected chi connectivity index (χ2v) is 9.08. The van der Waals surface area contributed by atoms with Gasteiger partial charge in [0.05, 0.1) is 12.8 Å². The van der Waals surface area contributed by atoms with Crippen LogP contribution in [-0.2, 0) is 5.41 Å². The van der Waals surface area contributed by atoms with Crippen molar-refractivity contribution in [1.82, 2.24) is 9.97 Å². The molecule has 0 aliphatic heterocycles. The van der Waals surface area contributed by atoms with Crippen molar-refractivity contribution >= 4 is 11.8 Å². The molecule has 4 aliphatic rings. The van der Waals surface area contributed by atoms with Gasteiger partial charge in [-0.2, -0.15) is 10.2 Å². The number of aromatic hydroxyl groups is 1. The lowest BCUT2D eigenvalue weighted by molar-refractivity contribution is -0.00624. The standard InChI is InChI=1S/C22H25N5O2/c1-29-17-6-14(18-15(10-23)20(24)27-21(25)26-18)5-16(19(17)28)22-7-11-2-12(8-22)4-13(3-11)9-22/h5-6,11-13,28H,2-4,7-9H2,1H3,(H4,24,25,26,27). The highest BCUT2D eigenvalue weighted by Crippen LogP contribution is 2.62. The molecule has 4 bridgehead atoms. The summed E-state index contributed by atoms with van der Waals surface area (Å²) in [6, 6.07) is 5.75. The van der Waals surface area contributed by atoms with Crippen molar-refractivity contribution in [3.05, 3.63) is 23.3 Å². The predicted octanol–water partition coefficient (Wildman–Crippen LogP) is 3.36. The average Bonchev–Trinajstić information content (AvgIpc) is 2.66. The molecule has 0 atom stereocenters. The molecule has 150 valence electrons. The van der Waals surface area contributed by atoms with E-state index < -0.39 is 0 Å². The minimum Gasteiger partial charge on any atom is -0.504 e. The Balaban J connectivity index is 1.71. The summed E-state index contributed by atoms with van der Waals surface area (Å²) in [5.74, 6) is 2.85. The molecular weight excluding hydrogens is 366 g/mol. The van der Waals surface area contributed by atoms with Crippen LogP contribution in [0, 0.1) is 29.1 Å². The molecule has 2 aromatic rings. The van der Waals surface area contributed by atoms with Crippen molar-refractivity contribution in [2.24, 2.45) is 17.8 Å². The number of methoxy groups -OCH3 is 1. The van der Waals surface area contributed by atoms with Gasteiger partial charge < -0.3 is 21.3 Å². The number of nitrogen functional groups attached to an aromatic ring is 2. The molecule has 7 heteroatoms. The third-order valence-corrected chi connectivity index (χ3v) is 7.24. The molecule has 0 unspecified atom stereocenters. The highest BCUT2D eigenvalue weighted by atomic mass is 16.5. The lowest BCUT2D eigenvalue weighted by atomic mass is 9.48. The van der Waals surface area contributed by atoms with E-state index in [1.54, 1.807) is 6.07 Å². The van der Waals surface area contributed by atoms with Crippen LogP contribution in [0.4, 0.5) is 11.8 Å². The predicted molar refractivity (Wildman–Crippen MR) is 109 cm³/mol. The van der Waals surface area contributed by atoms with Gasteiger partial charge in [-0.1, -0.05) is 0 Å². The molecule has 7 nitrogen and oxygen atoms in total.